The average molecular weight is 462 g/mol. The van der Waals surface area contributed by atoms with E-state index in [1.165, 1.54) is 13.0 Å². The third kappa shape index (κ3) is 8.02. The maximum Gasteiger partial charge on any atom is 0.387 e. The highest BCUT2D eigenvalue weighted by Crippen LogP contribution is 2.34. The number of rotatable bonds is 12. The minimum atomic E-state index is -2.93. The summed E-state index contributed by atoms with van der Waals surface area (Å²) in [4.78, 5) is 23.8. The molecule has 1 atom stereocenters. The van der Waals surface area contributed by atoms with Crippen LogP contribution in [-0.4, -0.2) is 31.1 Å². The van der Waals surface area contributed by atoms with Gasteiger partial charge in [0.25, 0.3) is 0 Å². The maximum absolute atomic E-state index is 12.7. The van der Waals surface area contributed by atoms with E-state index in [-0.39, 0.29) is 23.3 Å². The van der Waals surface area contributed by atoms with Crippen molar-refractivity contribution in [3.8, 4) is 11.5 Å². The first-order valence-electron chi connectivity index (χ1n) is 11.0. The van der Waals surface area contributed by atoms with Crippen LogP contribution < -0.4 is 25.4 Å². The smallest absolute Gasteiger partial charge is 0.387 e. The van der Waals surface area contributed by atoms with Crippen LogP contribution in [0.3, 0.4) is 0 Å². The van der Waals surface area contributed by atoms with Crippen LogP contribution in [0.4, 0.5) is 20.2 Å². The van der Waals surface area contributed by atoms with E-state index in [0.717, 1.165) is 18.4 Å². The Balaban J connectivity index is 1.58. The maximum atomic E-state index is 12.7. The molecule has 1 unspecified atom stereocenters. The van der Waals surface area contributed by atoms with Gasteiger partial charge in [0, 0.05) is 24.8 Å². The van der Waals surface area contributed by atoms with Crippen molar-refractivity contribution < 1.29 is 27.8 Å². The lowest BCUT2D eigenvalue weighted by atomic mass is 10.1. The quantitative estimate of drug-likeness (QED) is 0.432. The van der Waals surface area contributed by atoms with E-state index in [2.05, 4.69) is 20.7 Å². The Bertz CT molecular complexity index is 949. The van der Waals surface area contributed by atoms with Gasteiger partial charge in [0.1, 0.15) is 0 Å². The van der Waals surface area contributed by atoms with E-state index < -0.39 is 12.7 Å². The van der Waals surface area contributed by atoms with Crippen LogP contribution in [0.15, 0.2) is 42.5 Å². The van der Waals surface area contributed by atoms with Crippen LogP contribution in [0, 0.1) is 5.92 Å². The molecule has 9 heteroatoms. The molecule has 7 nitrogen and oxygen atoms in total. The SMILES string of the molecule is CCC(NCc1ccc(OC(F)F)c(OCC2CC2)c1)C(=O)Nc1ccc(NC(C)=O)cc1. The molecule has 33 heavy (non-hydrogen) atoms. The third-order valence-electron chi connectivity index (χ3n) is 5.15. The largest absolute Gasteiger partial charge is 0.489 e. The number of halogens is 2. The number of ether oxygens (including phenoxy) is 2. The van der Waals surface area contributed by atoms with Gasteiger partial charge >= 0.3 is 6.61 Å². The first-order chi connectivity index (χ1) is 15.8. The molecule has 0 aliphatic heterocycles. The minimum Gasteiger partial charge on any atom is -0.489 e. The summed E-state index contributed by atoms with van der Waals surface area (Å²) >= 11 is 0. The Kier molecular flexibility index (Phi) is 8.59. The van der Waals surface area contributed by atoms with E-state index >= 15 is 0 Å². The Morgan fingerprint density at radius 3 is 2.27 bits per heavy atom. The number of anilines is 2. The summed E-state index contributed by atoms with van der Waals surface area (Å²) in [5, 5.41) is 8.71. The van der Waals surface area contributed by atoms with Gasteiger partial charge in [-0.2, -0.15) is 8.78 Å². The molecule has 1 saturated carbocycles. The fourth-order valence-corrected chi connectivity index (χ4v) is 3.19. The van der Waals surface area contributed by atoms with Gasteiger partial charge in [-0.25, -0.2) is 0 Å². The van der Waals surface area contributed by atoms with Gasteiger partial charge in [-0.15, -0.1) is 0 Å². The Morgan fingerprint density at radius 2 is 1.70 bits per heavy atom. The van der Waals surface area contributed by atoms with Gasteiger partial charge in [0.15, 0.2) is 11.5 Å². The summed E-state index contributed by atoms with van der Waals surface area (Å²) in [6.07, 6.45) is 2.71. The molecule has 0 heterocycles. The number of amides is 2. The molecule has 3 rings (SSSR count). The molecule has 1 aliphatic carbocycles. The summed E-state index contributed by atoms with van der Waals surface area (Å²) in [5.74, 6) is 0.372. The van der Waals surface area contributed by atoms with Crippen LogP contribution in [0.2, 0.25) is 0 Å². The topological polar surface area (TPSA) is 88.7 Å². The number of carbonyl (C=O) groups excluding carboxylic acids is 2. The molecule has 0 bridgehead atoms. The number of hydrogen-bond donors (Lipinski definition) is 3. The molecule has 0 saturated heterocycles. The van der Waals surface area contributed by atoms with Gasteiger partial charge in [-0.05, 0) is 67.1 Å². The van der Waals surface area contributed by atoms with Crippen LogP contribution in [-0.2, 0) is 16.1 Å². The van der Waals surface area contributed by atoms with Crippen molar-refractivity contribution in [3.63, 3.8) is 0 Å². The number of carbonyl (C=O) groups is 2. The fourth-order valence-electron chi connectivity index (χ4n) is 3.19. The highest BCUT2D eigenvalue weighted by atomic mass is 19.3. The average Bonchev–Trinajstić information content (AvgIpc) is 3.59. The number of alkyl halides is 2. The van der Waals surface area contributed by atoms with E-state index in [1.54, 1.807) is 36.4 Å². The zero-order valence-corrected chi connectivity index (χ0v) is 18.7. The summed E-state index contributed by atoms with van der Waals surface area (Å²) < 4.78 is 35.7. The first-order valence-corrected chi connectivity index (χ1v) is 11.0. The normalized spacial score (nSPS) is 14.0. The lowest BCUT2D eigenvalue weighted by molar-refractivity contribution is -0.118. The monoisotopic (exact) mass is 461 g/mol. The molecule has 2 aromatic carbocycles. The first kappa shape index (κ1) is 24.4. The van der Waals surface area contributed by atoms with Crippen molar-refractivity contribution in [2.24, 2.45) is 5.92 Å². The summed E-state index contributed by atoms with van der Waals surface area (Å²) in [5.41, 5.74) is 2.04. The summed E-state index contributed by atoms with van der Waals surface area (Å²) in [6.45, 7) is 1.20. The molecule has 1 fully saturated rings. The molecular weight excluding hydrogens is 432 g/mol. The van der Waals surface area contributed by atoms with Gasteiger partial charge in [-0.1, -0.05) is 13.0 Å². The molecule has 0 aromatic heterocycles. The van der Waals surface area contributed by atoms with Crippen molar-refractivity contribution in [1.29, 1.82) is 0 Å². The molecule has 2 amide bonds. The van der Waals surface area contributed by atoms with Crippen molar-refractivity contribution in [2.75, 3.05) is 17.2 Å². The van der Waals surface area contributed by atoms with Crippen LogP contribution in [0.1, 0.15) is 38.7 Å². The number of nitrogens with one attached hydrogen (secondary N) is 3. The molecule has 0 spiro atoms. The molecular formula is C24H29F2N3O4. The second-order valence-electron chi connectivity index (χ2n) is 8.00. The minimum absolute atomic E-state index is 0.00175. The van der Waals surface area contributed by atoms with E-state index in [9.17, 15) is 18.4 Å². The number of benzene rings is 2. The van der Waals surface area contributed by atoms with Crippen LogP contribution >= 0.6 is 0 Å². The lowest BCUT2D eigenvalue weighted by Gasteiger charge is -2.18. The van der Waals surface area contributed by atoms with Gasteiger partial charge in [-0.3, -0.25) is 9.59 Å². The predicted molar refractivity (Wildman–Crippen MR) is 122 cm³/mol. The van der Waals surface area contributed by atoms with Gasteiger partial charge in [0.05, 0.1) is 12.6 Å². The van der Waals surface area contributed by atoms with Crippen molar-refractivity contribution in [1.82, 2.24) is 5.32 Å². The molecule has 2 aromatic rings. The van der Waals surface area contributed by atoms with E-state index in [4.69, 9.17) is 4.74 Å². The molecule has 178 valence electrons. The van der Waals surface area contributed by atoms with Crippen molar-refractivity contribution in [2.45, 2.75) is 52.3 Å². The zero-order valence-electron chi connectivity index (χ0n) is 18.7. The van der Waals surface area contributed by atoms with Gasteiger partial charge in [0.2, 0.25) is 11.8 Å². The molecule has 0 radical (unpaired) electrons. The van der Waals surface area contributed by atoms with Crippen LogP contribution in [0.5, 0.6) is 11.5 Å². The van der Waals surface area contributed by atoms with E-state index in [1.807, 2.05) is 6.92 Å². The lowest BCUT2D eigenvalue weighted by Crippen LogP contribution is -2.39. The number of hydrogen-bond acceptors (Lipinski definition) is 5. The second-order valence-corrected chi connectivity index (χ2v) is 8.00. The Morgan fingerprint density at radius 1 is 1.03 bits per heavy atom. The molecule has 1 aliphatic rings. The molecule has 3 N–H and O–H groups in total. The fraction of sp³-hybridized carbons (Fsp3) is 0.417. The summed E-state index contributed by atoms with van der Waals surface area (Å²) in [6, 6.07) is 11.2. The highest BCUT2D eigenvalue weighted by molar-refractivity contribution is 5.95. The van der Waals surface area contributed by atoms with Crippen molar-refractivity contribution >= 4 is 23.2 Å². The second kappa shape index (κ2) is 11.6. The predicted octanol–water partition coefficient (Wildman–Crippen LogP) is 4.54. The highest BCUT2D eigenvalue weighted by Gasteiger charge is 2.23. The van der Waals surface area contributed by atoms with E-state index in [0.29, 0.717) is 36.9 Å². The van der Waals surface area contributed by atoms with Gasteiger partial charge < -0.3 is 25.4 Å². The summed E-state index contributed by atoms with van der Waals surface area (Å²) in [7, 11) is 0. The Hall–Kier alpha value is -3.20. The Labute approximate surface area is 191 Å². The van der Waals surface area contributed by atoms with Crippen molar-refractivity contribution in [3.05, 3.63) is 48.0 Å². The third-order valence-corrected chi connectivity index (χ3v) is 5.15. The standard InChI is InChI=1S/C24H29F2N3O4/c1-3-20(23(31)29-19-9-7-18(8-10-19)28-15(2)30)27-13-17-6-11-21(33-24(25)26)22(12-17)32-14-16-4-5-16/h6-12,16,20,24,27H,3-5,13-14H2,1-2H3,(H,28,30)(H,29,31). The zero-order chi connectivity index (χ0) is 23.8. The van der Waals surface area contributed by atoms with Crippen LogP contribution in [0.25, 0.3) is 0 Å².